The largest absolute Gasteiger partial charge is 0.244 e. The predicted molar refractivity (Wildman–Crippen MR) is 30.4 cm³/mol. The van der Waals surface area contributed by atoms with E-state index in [4.69, 9.17) is 0 Å². The molecule has 0 bridgehead atoms. The van der Waals surface area contributed by atoms with Gasteiger partial charge in [-0.05, 0) is 12.8 Å². The molecular weight excluding hydrogens is 110 g/mol. The van der Waals surface area contributed by atoms with Crippen LogP contribution in [-0.4, -0.2) is 12.3 Å². The fraction of sp³-hybridized carbons (Fsp3) is 1.00. The van der Waals surface area contributed by atoms with Crippen LogP contribution in [0.1, 0.15) is 26.7 Å². The van der Waals surface area contributed by atoms with Gasteiger partial charge in [-0.25, -0.2) is 8.78 Å². The molecule has 0 rings (SSSR count). The van der Waals surface area contributed by atoms with Crippen LogP contribution in [0.4, 0.5) is 8.78 Å². The Hall–Kier alpha value is -0.140. The van der Waals surface area contributed by atoms with Gasteiger partial charge in [0.15, 0.2) is 0 Å². The number of hydrogen-bond donors (Lipinski definition) is 0. The zero-order chi connectivity index (χ0) is 6.57. The first-order valence-electron chi connectivity index (χ1n) is 3.00. The lowest BCUT2D eigenvalue weighted by Gasteiger charge is -2.06. The zero-order valence-electron chi connectivity index (χ0n) is 5.32. The first kappa shape index (κ1) is 7.86. The molecule has 0 aromatic heterocycles. The van der Waals surface area contributed by atoms with Gasteiger partial charge in [0.1, 0.15) is 12.3 Å². The summed E-state index contributed by atoms with van der Waals surface area (Å²) in [5.41, 5.74) is 0. The minimum Gasteiger partial charge on any atom is -0.244 e. The van der Waals surface area contributed by atoms with Crippen molar-refractivity contribution in [3.63, 3.8) is 0 Å². The average molecular weight is 122 g/mol. The monoisotopic (exact) mass is 122 g/mol. The van der Waals surface area contributed by atoms with E-state index in [1.807, 2.05) is 0 Å². The summed E-state index contributed by atoms with van der Waals surface area (Å²) in [5, 5.41) is 0. The highest BCUT2D eigenvalue weighted by atomic mass is 19.2. The molecular formula is C6H12F2. The molecule has 0 aliphatic heterocycles. The molecule has 0 heterocycles. The van der Waals surface area contributed by atoms with Crippen LogP contribution in [0.2, 0.25) is 0 Å². The third-order valence-electron chi connectivity index (χ3n) is 1.17. The van der Waals surface area contributed by atoms with E-state index in [2.05, 4.69) is 0 Å². The molecule has 0 saturated carbocycles. The highest BCUT2D eigenvalue weighted by Gasteiger charge is 2.14. The smallest absolute Gasteiger partial charge is 0.131 e. The van der Waals surface area contributed by atoms with E-state index in [0.29, 0.717) is 0 Å². The minimum absolute atomic E-state index is 0.287. The first-order valence-corrected chi connectivity index (χ1v) is 3.00. The van der Waals surface area contributed by atoms with Crippen LogP contribution in [0.5, 0.6) is 0 Å². The van der Waals surface area contributed by atoms with Gasteiger partial charge in [-0.1, -0.05) is 13.8 Å². The van der Waals surface area contributed by atoms with Crippen LogP contribution < -0.4 is 0 Å². The molecule has 8 heavy (non-hydrogen) atoms. The Kier molecular flexibility index (Phi) is 3.75. The average Bonchev–Trinajstić information content (AvgIpc) is 1.84. The lowest BCUT2D eigenvalue weighted by Crippen LogP contribution is -2.14. The number of halogens is 2. The Balaban J connectivity index is 3.29. The van der Waals surface area contributed by atoms with Gasteiger partial charge in [0.25, 0.3) is 0 Å². The molecule has 0 aromatic carbocycles. The summed E-state index contributed by atoms with van der Waals surface area (Å²) >= 11 is 0. The van der Waals surface area contributed by atoms with Gasteiger partial charge in [-0.3, -0.25) is 0 Å². The van der Waals surface area contributed by atoms with Gasteiger partial charge in [-0.2, -0.15) is 0 Å². The third-order valence-corrected chi connectivity index (χ3v) is 1.17. The van der Waals surface area contributed by atoms with Crippen molar-refractivity contribution in [3.05, 3.63) is 0 Å². The second kappa shape index (κ2) is 3.81. The summed E-state index contributed by atoms with van der Waals surface area (Å²) in [4.78, 5) is 0. The standard InChI is InChI=1S/C6H12F2/c1-3-5(7)6(8)4-2/h5-6H,3-4H2,1-2H3. The predicted octanol–water partition coefficient (Wildman–Crippen LogP) is 2.48. The molecule has 0 aliphatic rings. The quantitative estimate of drug-likeness (QED) is 0.539. The lowest BCUT2D eigenvalue weighted by atomic mass is 10.1. The molecule has 0 saturated heterocycles. The molecule has 0 fully saturated rings. The van der Waals surface area contributed by atoms with Gasteiger partial charge in [0.05, 0.1) is 0 Å². The van der Waals surface area contributed by atoms with Crippen molar-refractivity contribution in [2.45, 2.75) is 39.0 Å². The zero-order valence-corrected chi connectivity index (χ0v) is 5.32. The van der Waals surface area contributed by atoms with Gasteiger partial charge in [0, 0.05) is 0 Å². The molecule has 0 radical (unpaired) electrons. The summed E-state index contributed by atoms with van der Waals surface area (Å²) in [5.74, 6) is 0. The van der Waals surface area contributed by atoms with Gasteiger partial charge >= 0.3 is 0 Å². The first-order chi connectivity index (χ1) is 3.72. The maximum atomic E-state index is 12.2. The third kappa shape index (κ3) is 2.24. The molecule has 0 nitrogen and oxygen atoms in total. The van der Waals surface area contributed by atoms with Crippen LogP contribution in [0.3, 0.4) is 0 Å². The Morgan fingerprint density at radius 2 is 1.25 bits per heavy atom. The fourth-order valence-electron chi connectivity index (χ4n) is 0.512. The highest BCUT2D eigenvalue weighted by molar-refractivity contribution is 4.63. The van der Waals surface area contributed by atoms with Gasteiger partial charge in [0.2, 0.25) is 0 Å². The molecule has 0 N–H and O–H groups in total. The van der Waals surface area contributed by atoms with Crippen molar-refractivity contribution >= 4 is 0 Å². The summed E-state index contributed by atoms with van der Waals surface area (Å²) in [6.45, 7) is 3.29. The second-order valence-electron chi connectivity index (χ2n) is 1.85. The normalized spacial score (nSPS) is 18.0. The Labute approximate surface area is 48.9 Å². The maximum Gasteiger partial charge on any atom is 0.131 e. The van der Waals surface area contributed by atoms with Crippen molar-refractivity contribution in [1.29, 1.82) is 0 Å². The van der Waals surface area contributed by atoms with Crippen LogP contribution in [0.15, 0.2) is 0 Å². The van der Waals surface area contributed by atoms with E-state index in [1.54, 1.807) is 13.8 Å². The highest BCUT2D eigenvalue weighted by Crippen LogP contribution is 2.10. The van der Waals surface area contributed by atoms with Crippen molar-refractivity contribution in [2.24, 2.45) is 0 Å². The van der Waals surface area contributed by atoms with E-state index in [9.17, 15) is 8.78 Å². The van der Waals surface area contributed by atoms with Crippen LogP contribution >= 0.6 is 0 Å². The van der Waals surface area contributed by atoms with Crippen LogP contribution in [0, 0.1) is 0 Å². The second-order valence-corrected chi connectivity index (χ2v) is 1.85. The summed E-state index contributed by atoms with van der Waals surface area (Å²) < 4.78 is 24.3. The number of hydrogen-bond acceptors (Lipinski definition) is 0. The Morgan fingerprint density at radius 1 is 1.00 bits per heavy atom. The van der Waals surface area contributed by atoms with Crippen LogP contribution in [-0.2, 0) is 0 Å². The summed E-state index contributed by atoms with van der Waals surface area (Å²) in [7, 11) is 0. The van der Waals surface area contributed by atoms with Gasteiger partial charge in [-0.15, -0.1) is 0 Å². The van der Waals surface area contributed by atoms with Crippen molar-refractivity contribution < 1.29 is 8.78 Å². The molecule has 0 amide bonds. The molecule has 0 aliphatic carbocycles. The minimum atomic E-state index is -1.25. The SMILES string of the molecule is CCC(F)C(F)CC. The summed E-state index contributed by atoms with van der Waals surface area (Å²) in [6, 6.07) is 0. The van der Waals surface area contributed by atoms with Crippen LogP contribution in [0.25, 0.3) is 0 Å². The topological polar surface area (TPSA) is 0 Å². The van der Waals surface area contributed by atoms with Gasteiger partial charge < -0.3 is 0 Å². The number of rotatable bonds is 3. The van der Waals surface area contributed by atoms with Crippen molar-refractivity contribution in [3.8, 4) is 0 Å². The Bertz CT molecular complexity index is 46.5. The molecule has 2 unspecified atom stereocenters. The number of alkyl halides is 2. The van der Waals surface area contributed by atoms with E-state index in [1.165, 1.54) is 0 Å². The molecule has 2 heteroatoms. The lowest BCUT2D eigenvalue weighted by molar-refractivity contribution is 0.158. The summed E-state index contributed by atoms with van der Waals surface area (Å²) in [6.07, 6.45) is -1.93. The molecule has 0 aromatic rings. The van der Waals surface area contributed by atoms with E-state index in [0.717, 1.165) is 0 Å². The molecule has 2 atom stereocenters. The molecule has 0 spiro atoms. The van der Waals surface area contributed by atoms with E-state index < -0.39 is 12.3 Å². The molecule has 50 valence electrons. The fourth-order valence-corrected chi connectivity index (χ4v) is 0.512. The van der Waals surface area contributed by atoms with Crippen molar-refractivity contribution in [2.75, 3.05) is 0 Å². The van der Waals surface area contributed by atoms with E-state index >= 15 is 0 Å². The van der Waals surface area contributed by atoms with Crippen molar-refractivity contribution in [1.82, 2.24) is 0 Å². The maximum absolute atomic E-state index is 12.2. The van der Waals surface area contributed by atoms with E-state index in [-0.39, 0.29) is 12.8 Å². The Morgan fingerprint density at radius 3 is 1.38 bits per heavy atom.